The van der Waals surface area contributed by atoms with E-state index in [0.29, 0.717) is 30.4 Å². The highest BCUT2D eigenvalue weighted by atomic mass is 32.2. The maximum absolute atomic E-state index is 13.6. The largest absolute Gasteiger partial charge is 0.486 e. The molecule has 8 nitrogen and oxygen atoms in total. The average Bonchev–Trinajstić information content (AvgIpc) is 2.86. The summed E-state index contributed by atoms with van der Waals surface area (Å²) in [6.45, 7) is 3.77. The number of ether oxygens (including phenoxy) is 2. The first-order valence-electron chi connectivity index (χ1n) is 10.8. The Morgan fingerprint density at radius 2 is 1.66 bits per heavy atom. The van der Waals surface area contributed by atoms with Crippen LogP contribution in [0.2, 0.25) is 0 Å². The van der Waals surface area contributed by atoms with E-state index < -0.39 is 28.3 Å². The van der Waals surface area contributed by atoms with Crippen molar-refractivity contribution in [2.24, 2.45) is 5.10 Å². The van der Waals surface area contributed by atoms with Crippen LogP contribution in [-0.4, -0.2) is 39.8 Å². The van der Waals surface area contributed by atoms with Gasteiger partial charge in [-0.3, -0.25) is 9.10 Å². The van der Waals surface area contributed by atoms with Crippen LogP contribution in [0.15, 0.2) is 76.7 Å². The Balaban J connectivity index is 1.60. The Morgan fingerprint density at radius 3 is 2.34 bits per heavy atom. The molecule has 0 spiro atoms. The van der Waals surface area contributed by atoms with Gasteiger partial charge in [0.2, 0.25) is 0 Å². The third-order valence-electron chi connectivity index (χ3n) is 5.32. The second-order valence-corrected chi connectivity index (χ2v) is 9.75. The Morgan fingerprint density at radius 1 is 1.00 bits per heavy atom. The van der Waals surface area contributed by atoms with Crippen LogP contribution in [0.5, 0.6) is 11.5 Å². The molecule has 1 aliphatic heterocycles. The number of sulfonamides is 1. The number of nitrogens with one attached hydrogen (secondary N) is 1. The van der Waals surface area contributed by atoms with E-state index >= 15 is 0 Å². The number of fused-ring (bicyclic) bond motifs is 1. The second kappa shape index (κ2) is 10.1. The predicted octanol–water partition coefficient (Wildman–Crippen LogP) is 3.64. The minimum Gasteiger partial charge on any atom is -0.486 e. The van der Waals surface area contributed by atoms with E-state index in [1.165, 1.54) is 30.3 Å². The van der Waals surface area contributed by atoms with Crippen molar-refractivity contribution in [2.45, 2.75) is 18.7 Å². The SMILES string of the molecule is C/C(=N/NC(=O)CN(c1ccc(F)cc1)S(=O)(=O)c1ccc2c(c1)OCCO2)c1ccc(C)cc1. The summed E-state index contributed by atoms with van der Waals surface area (Å²) in [6.07, 6.45) is 0. The molecule has 1 aliphatic rings. The number of anilines is 1. The van der Waals surface area contributed by atoms with Crippen LogP contribution < -0.4 is 19.2 Å². The second-order valence-electron chi connectivity index (χ2n) is 7.89. The van der Waals surface area contributed by atoms with Gasteiger partial charge in [0.15, 0.2) is 11.5 Å². The molecule has 3 aromatic rings. The number of nitrogens with zero attached hydrogens (tertiary/aromatic N) is 2. The van der Waals surface area contributed by atoms with Crippen molar-refractivity contribution in [3.63, 3.8) is 0 Å². The number of amides is 1. The molecular weight excluding hydrogens is 473 g/mol. The maximum Gasteiger partial charge on any atom is 0.264 e. The van der Waals surface area contributed by atoms with Gasteiger partial charge in [-0.05, 0) is 55.8 Å². The van der Waals surface area contributed by atoms with Crippen LogP contribution in [0.4, 0.5) is 10.1 Å². The topological polar surface area (TPSA) is 97.3 Å². The van der Waals surface area contributed by atoms with Crippen LogP contribution in [0.1, 0.15) is 18.1 Å². The molecule has 4 rings (SSSR count). The van der Waals surface area contributed by atoms with Crippen LogP contribution in [0.3, 0.4) is 0 Å². The van der Waals surface area contributed by atoms with E-state index in [4.69, 9.17) is 9.47 Å². The molecule has 1 amide bonds. The summed E-state index contributed by atoms with van der Waals surface area (Å²) < 4.78 is 52.5. The van der Waals surface area contributed by atoms with E-state index in [9.17, 15) is 17.6 Å². The molecule has 1 N–H and O–H groups in total. The molecule has 0 saturated heterocycles. The molecule has 35 heavy (non-hydrogen) atoms. The minimum atomic E-state index is -4.22. The first-order valence-corrected chi connectivity index (χ1v) is 12.3. The molecular formula is C25H24FN3O5S. The molecule has 1 heterocycles. The van der Waals surface area contributed by atoms with Gasteiger partial charge in [-0.1, -0.05) is 29.8 Å². The molecule has 182 valence electrons. The molecule has 0 atom stereocenters. The fourth-order valence-corrected chi connectivity index (χ4v) is 4.84. The Hall–Kier alpha value is -3.92. The Kier molecular flexibility index (Phi) is 7.02. The van der Waals surface area contributed by atoms with Crippen LogP contribution in [0.25, 0.3) is 0 Å². The number of benzene rings is 3. The van der Waals surface area contributed by atoms with Crippen molar-refractivity contribution in [1.29, 1.82) is 0 Å². The highest BCUT2D eigenvalue weighted by Gasteiger charge is 2.29. The zero-order chi connectivity index (χ0) is 25.0. The number of hydrazone groups is 1. The van der Waals surface area contributed by atoms with Gasteiger partial charge in [-0.2, -0.15) is 5.10 Å². The lowest BCUT2D eigenvalue weighted by Gasteiger charge is -2.25. The molecule has 10 heteroatoms. The lowest BCUT2D eigenvalue weighted by Crippen LogP contribution is -2.39. The smallest absolute Gasteiger partial charge is 0.264 e. The molecule has 0 fully saturated rings. The molecule has 0 radical (unpaired) electrons. The average molecular weight is 498 g/mol. The fraction of sp³-hybridized carbons (Fsp3) is 0.200. The van der Waals surface area contributed by atoms with E-state index in [-0.39, 0.29) is 10.6 Å². The monoisotopic (exact) mass is 497 g/mol. The Bertz CT molecular complexity index is 1360. The van der Waals surface area contributed by atoms with Crippen molar-refractivity contribution < 1.29 is 27.1 Å². The lowest BCUT2D eigenvalue weighted by atomic mass is 10.1. The van der Waals surface area contributed by atoms with Gasteiger partial charge < -0.3 is 9.47 Å². The zero-order valence-electron chi connectivity index (χ0n) is 19.2. The fourth-order valence-electron chi connectivity index (χ4n) is 3.41. The van der Waals surface area contributed by atoms with E-state index in [2.05, 4.69) is 10.5 Å². The predicted molar refractivity (Wildman–Crippen MR) is 130 cm³/mol. The van der Waals surface area contributed by atoms with Crippen molar-refractivity contribution in [1.82, 2.24) is 5.43 Å². The van der Waals surface area contributed by atoms with Gasteiger partial charge >= 0.3 is 0 Å². The van der Waals surface area contributed by atoms with E-state index in [0.717, 1.165) is 27.6 Å². The number of carbonyl (C=O) groups is 1. The summed E-state index contributed by atoms with van der Waals surface area (Å²) >= 11 is 0. The van der Waals surface area contributed by atoms with Gasteiger partial charge in [0, 0.05) is 6.07 Å². The zero-order valence-corrected chi connectivity index (χ0v) is 20.0. The number of carbonyl (C=O) groups excluding carboxylic acids is 1. The quantitative estimate of drug-likeness (QED) is 0.397. The summed E-state index contributed by atoms with van der Waals surface area (Å²) in [6, 6.07) is 16.6. The van der Waals surface area contributed by atoms with Crippen LogP contribution >= 0.6 is 0 Å². The van der Waals surface area contributed by atoms with Gasteiger partial charge in [0.1, 0.15) is 25.6 Å². The Labute approximate surface area is 203 Å². The first kappa shape index (κ1) is 24.2. The van der Waals surface area contributed by atoms with Crippen molar-refractivity contribution in [3.8, 4) is 11.5 Å². The van der Waals surface area contributed by atoms with Crippen LogP contribution in [-0.2, 0) is 14.8 Å². The van der Waals surface area contributed by atoms with Crippen molar-refractivity contribution >= 4 is 27.3 Å². The number of aryl methyl sites for hydroxylation is 1. The standard InChI is InChI=1S/C25H24FN3O5S/c1-17-3-5-19(6-4-17)18(2)27-28-25(30)16-29(21-9-7-20(26)8-10-21)35(31,32)22-11-12-23-24(15-22)34-14-13-33-23/h3-12,15H,13-14,16H2,1-2H3,(H,28,30)/b27-18-. The summed E-state index contributed by atoms with van der Waals surface area (Å²) in [5, 5.41) is 4.10. The highest BCUT2D eigenvalue weighted by molar-refractivity contribution is 7.92. The summed E-state index contributed by atoms with van der Waals surface area (Å²) in [7, 11) is -4.22. The molecule has 0 unspecified atom stereocenters. The molecule has 0 aromatic heterocycles. The van der Waals surface area contributed by atoms with Gasteiger partial charge in [-0.15, -0.1) is 0 Å². The summed E-state index contributed by atoms with van der Waals surface area (Å²) in [5.41, 5.74) is 4.99. The summed E-state index contributed by atoms with van der Waals surface area (Å²) in [4.78, 5) is 12.7. The van der Waals surface area contributed by atoms with Gasteiger partial charge in [-0.25, -0.2) is 18.2 Å². The minimum absolute atomic E-state index is 0.0989. The highest BCUT2D eigenvalue weighted by Crippen LogP contribution is 2.34. The molecule has 0 aliphatic carbocycles. The van der Waals surface area contributed by atoms with Crippen molar-refractivity contribution in [3.05, 3.63) is 83.7 Å². The van der Waals surface area contributed by atoms with Crippen LogP contribution in [0, 0.1) is 12.7 Å². The number of hydrogen-bond acceptors (Lipinski definition) is 6. The third kappa shape index (κ3) is 5.60. The number of rotatable bonds is 7. The number of hydrogen-bond donors (Lipinski definition) is 1. The van der Waals surface area contributed by atoms with Gasteiger partial charge in [0.05, 0.1) is 16.3 Å². The van der Waals surface area contributed by atoms with Crippen molar-refractivity contribution in [2.75, 3.05) is 24.1 Å². The molecule has 0 saturated carbocycles. The summed E-state index contributed by atoms with van der Waals surface area (Å²) in [5.74, 6) is -0.476. The van der Waals surface area contributed by atoms with Gasteiger partial charge in [0.25, 0.3) is 15.9 Å². The third-order valence-corrected chi connectivity index (χ3v) is 7.09. The van der Waals surface area contributed by atoms with E-state index in [1.54, 1.807) is 6.92 Å². The molecule has 3 aromatic carbocycles. The first-order chi connectivity index (χ1) is 16.7. The lowest BCUT2D eigenvalue weighted by molar-refractivity contribution is -0.119. The van der Waals surface area contributed by atoms with E-state index in [1.807, 2.05) is 31.2 Å². The number of halogens is 1. The molecule has 0 bridgehead atoms. The maximum atomic E-state index is 13.6. The normalized spacial score (nSPS) is 13.3.